The summed E-state index contributed by atoms with van der Waals surface area (Å²) in [4.78, 5) is 23.5. The monoisotopic (exact) mass is 277 g/mol. The van der Waals surface area contributed by atoms with Crippen LogP contribution in [0.1, 0.15) is 36.2 Å². The molecule has 0 aliphatic heterocycles. The molecule has 110 valence electrons. The zero-order chi connectivity index (χ0) is 15.3. The van der Waals surface area contributed by atoms with Crippen molar-refractivity contribution in [2.45, 2.75) is 33.2 Å². The van der Waals surface area contributed by atoms with Gasteiger partial charge in [0.2, 0.25) is 5.91 Å². The summed E-state index contributed by atoms with van der Waals surface area (Å²) in [6, 6.07) is 5.04. The van der Waals surface area contributed by atoms with Gasteiger partial charge in [0.25, 0.3) is 5.91 Å². The van der Waals surface area contributed by atoms with Gasteiger partial charge in [0.05, 0.1) is 0 Å². The van der Waals surface area contributed by atoms with Gasteiger partial charge in [-0.3, -0.25) is 9.59 Å². The molecule has 0 aromatic heterocycles. The quantitative estimate of drug-likeness (QED) is 0.765. The highest BCUT2D eigenvalue weighted by Gasteiger charge is 2.14. The van der Waals surface area contributed by atoms with Crippen LogP contribution >= 0.6 is 0 Å². The molecule has 0 saturated heterocycles. The van der Waals surface area contributed by atoms with Gasteiger partial charge in [-0.2, -0.15) is 0 Å². The summed E-state index contributed by atoms with van der Waals surface area (Å²) in [5.74, 6) is -0.0678. The van der Waals surface area contributed by atoms with Crippen LogP contribution in [0, 0.1) is 12.8 Å². The topological polar surface area (TPSA) is 84.2 Å². The van der Waals surface area contributed by atoms with E-state index in [9.17, 15) is 9.59 Å². The Kier molecular flexibility index (Phi) is 5.70. The third-order valence-electron chi connectivity index (χ3n) is 3.28. The molecule has 0 fully saturated rings. The Morgan fingerprint density at radius 3 is 2.50 bits per heavy atom. The number of carbonyl (C=O) groups excluding carboxylic acids is 2. The summed E-state index contributed by atoms with van der Waals surface area (Å²) < 4.78 is 0. The number of nitrogens with one attached hydrogen (secondary N) is 2. The van der Waals surface area contributed by atoms with Crippen molar-refractivity contribution in [1.29, 1.82) is 0 Å². The van der Waals surface area contributed by atoms with E-state index in [4.69, 9.17) is 5.73 Å². The van der Waals surface area contributed by atoms with Crippen LogP contribution in [0.15, 0.2) is 18.2 Å². The lowest BCUT2D eigenvalue weighted by atomic mass is 10.0. The van der Waals surface area contributed by atoms with Crippen LogP contribution in [0.25, 0.3) is 0 Å². The van der Waals surface area contributed by atoms with Gasteiger partial charge in [0.15, 0.2) is 0 Å². The van der Waals surface area contributed by atoms with Crippen molar-refractivity contribution in [2.75, 3.05) is 12.4 Å². The predicted octanol–water partition coefficient (Wildman–Crippen LogP) is 1.67. The van der Waals surface area contributed by atoms with Gasteiger partial charge in [0.1, 0.15) is 0 Å². The number of hydrogen-bond acceptors (Lipinski definition) is 3. The standard InChI is InChI=1S/C15H23N3O2/c1-9(2)12(16)8-14(19)18-13-7-11(15(20)17-4)6-5-10(13)3/h5-7,9,12H,8,16H2,1-4H3,(H,17,20)(H,18,19). The Morgan fingerprint density at radius 2 is 1.95 bits per heavy atom. The third-order valence-corrected chi connectivity index (χ3v) is 3.28. The molecule has 0 bridgehead atoms. The number of benzene rings is 1. The van der Waals surface area contributed by atoms with E-state index < -0.39 is 0 Å². The highest BCUT2D eigenvalue weighted by Crippen LogP contribution is 2.17. The first-order valence-electron chi connectivity index (χ1n) is 6.73. The minimum absolute atomic E-state index is 0.136. The van der Waals surface area contributed by atoms with E-state index in [1.807, 2.05) is 26.8 Å². The second-order valence-electron chi connectivity index (χ2n) is 5.27. The molecular weight excluding hydrogens is 254 g/mol. The predicted molar refractivity (Wildman–Crippen MR) is 80.6 cm³/mol. The number of rotatable bonds is 5. The lowest BCUT2D eigenvalue weighted by Crippen LogP contribution is -2.31. The molecule has 20 heavy (non-hydrogen) atoms. The molecule has 5 nitrogen and oxygen atoms in total. The summed E-state index contributed by atoms with van der Waals surface area (Å²) in [6.07, 6.45) is 0.265. The first-order chi connectivity index (χ1) is 9.35. The highest BCUT2D eigenvalue weighted by molar-refractivity contribution is 5.97. The third kappa shape index (κ3) is 4.35. The van der Waals surface area contributed by atoms with Gasteiger partial charge in [0, 0.05) is 30.8 Å². The van der Waals surface area contributed by atoms with Gasteiger partial charge in [-0.05, 0) is 30.5 Å². The Labute approximate surface area is 119 Å². The number of hydrogen-bond donors (Lipinski definition) is 3. The van der Waals surface area contributed by atoms with Crippen LogP contribution in [0.4, 0.5) is 5.69 Å². The molecule has 0 heterocycles. The molecule has 5 heteroatoms. The summed E-state index contributed by atoms with van der Waals surface area (Å²) >= 11 is 0. The molecule has 1 rings (SSSR count). The van der Waals surface area contributed by atoms with Gasteiger partial charge in [-0.25, -0.2) is 0 Å². The Bertz CT molecular complexity index is 498. The fourth-order valence-electron chi connectivity index (χ4n) is 1.69. The fourth-order valence-corrected chi connectivity index (χ4v) is 1.69. The lowest BCUT2D eigenvalue weighted by Gasteiger charge is -2.16. The molecule has 0 radical (unpaired) electrons. The van der Waals surface area contributed by atoms with Crippen molar-refractivity contribution in [2.24, 2.45) is 11.7 Å². The summed E-state index contributed by atoms with van der Waals surface area (Å²) in [5.41, 5.74) is 7.95. The minimum atomic E-state index is -0.181. The van der Waals surface area contributed by atoms with Crippen LogP contribution in [-0.4, -0.2) is 24.9 Å². The number of anilines is 1. The average Bonchev–Trinajstić information content (AvgIpc) is 2.40. The smallest absolute Gasteiger partial charge is 0.251 e. The molecule has 0 spiro atoms. The zero-order valence-corrected chi connectivity index (χ0v) is 12.5. The van der Waals surface area contributed by atoms with Crippen LogP contribution in [-0.2, 0) is 4.79 Å². The van der Waals surface area contributed by atoms with Gasteiger partial charge in [-0.1, -0.05) is 19.9 Å². The van der Waals surface area contributed by atoms with Gasteiger partial charge in [-0.15, -0.1) is 0 Å². The molecule has 0 aliphatic rings. The maximum Gasteiger partial charge on any atom is 0.251 e. The van der Waals surface area contributed by atoms with Gasteiger partial charge >= 0.3 is 0 Å². The lowest BCUT2D eigenvalue weighted by molar-refractivity contribution is -0.116. The number of aryl methyl sites for hydroxylation is 1. The average molecular weight is 277 g/mol. The molecule has 0 saturated carbocycles. The number of carbonyl (C=O) groups is 2. The van der Waals surface area contributed by atoms with E-state index in [-0.39, 0.29) is 30.2 Å². The molecule has 1 aromatic rings. The Hall–Kier alpha value is -1.88. The van der Waals surface area contributed by atoms with E-state index in [0.717, 1.165) is 5.56 Å². The van der Waals surface area contributed by atoms with Crippen molar-refractivity contribution in [3.05, 3.63) is 29.3 Å². The fraction of sp³-hybridized carbons (Fsp3) is 0.467. The molecule has 4 N–H and O–H groups in total. The molecule has 1 atom stereocenters. The van der Waals surface area contributed by atoms with Crippen molar-refractivity contribution in [3.63, 3.8) is 0 Å². The molecule has 0 aliphatic carbocycles. The molecular formula is C15H23N3O2. The van der Waals surface area contributed by atoms with Crippen molar-refractivity contribution in [3.8, 4) is 0 Å². The first kappa shape index (κ1) is 16.2. The Morgan fingerprint density at radius 1 is 1.30 bits per heavy atom. The normalized spacial score (nSPS) is 12.1. The molecule has 1 aromatic carbocycles. The SMILES string of the molecule is CNC(=O)c1ccc(C)c(NC(=O)CC(N)C(C)C)c1. The maximum absolute atomic E-state index is 11.9. The second kappa shape index (κ2) is 7.05. The van der Waals surface area contributed by atoms with Crippen molar-refractivity contribution < 1.29 is 9.59 Å². The maximum atomic E-state index is 11.9. The first-order valence-corrected chi connectivity index (χ1v) is 6.73. The van der Waals surface area contributed by atoms with E-state index >= 15 is 0 Å². The van der Waals surface area contributed by atoms with Crippen LogP contribution in [0.2, 0.25) is 0 Å². The van der Waals surface area contributed by atoms with E-state index in [1.54, 1.807) is 19.2 Å². The van der Waals surface area contributed by atoms with Crippen LogP contribution in [0.5, 0.6) is 0 Å². The van der Waals surface area contributed by atoms with Crippen molar-refractivity contribution in [1.82, 2.24) is 5.32 Å². The number of amides is 2. The molecule has 2 amide bonds. The number of nitrogens with two attached hydrogens (primary N) is 1. The van der Waals surface area contributed by atoms with Gasteiger partial charge < -0.3 is 16.4 Å². The van der Waals surface area contributed by atoms with E-state index in [0.29, 0.717) is 11.3 Å². The van der Waals surface area contributed by atoms with Crippen LogP contribution in [0.3, 0.4) is 0 Å². The molecule has 1 unspecified atom stereocenters. The second-order valence-corrected chi connectivity index (χ2v) is 5.27. The van der Waals surface area contributed by atoms with E-state index in [2.05, 4.69) is 10.6 Å². The highest BCUT2D eigenvalue weighted by atomic mass is 16.2. The zero-order valence-electron chi connectivity index (χ0n) is 12.5. The summed E-state index contributed by atoms with van der Waals surface area (Å²) in [7, 11) is 1.57. The summed E-state index contributed by atoms with van der Waals surface area (Å²) in [6.45, 7) is 5.84. The Balaban J connectivity index is 2.81. The van der Waals surface area contributed by atoms with Crippen LogP contribution < -0.4 is 16.4 Å². The van der Waals surface area contributed by atoms with Crippen molar-refractivity contribution >= 4 is 17.5 Å². The largest absolute Gasteiger partial charge is 0.355 e. The minimum Gasteiger partial charge on any atom is -0.355 e. The summed E-state index contributed by atoms with van der Waals surface area (Å²) in [5, 5.41) is 5.37. The van der Waals surface area contributed by atoms with E-state index in [1.165, 1.54) is 0 Å².